The van der Waals surface area contributed by atoms with E-state index in [9.17, 15) is 8.42 Å². The first-order valence-electron chi connectivity index (χ1n) is 5.78. The first kappa shape index (κ1) is 14.7. The predicted molar refractivity (Wildman–Crippen MR) is 73.5 cm³/mol. The standard InChI is InChI=1S/C12H18BrNO2S/c1-3-5-10-14(4-2)17(15,16)12-9-7-6-8-11(12)13/h6-9H,3-5,10H2,1-2H3. The summed E-state index contributed by atoms with van der Waals surface area (Å²) in [5.41, 5.74) is 0. The van der Waals surface area contributed by atoms with Crippen LogP contribution in [0.4, 0.5) is 0 Å². The maximum Gasteiger partial charge on any atom is 0.244 e. The molecule has 0 heterocycles. The third kappa shape index (κ3) is 3.53. The molecule has 1 rings (SSSR count). The second-order valence-electron chi connectivity index (χ2n) is 3.78. The molecule has 17 heavy (non-hydrogen) atoms. The Morgan fingerprint density at radius 3 is 2.41 bits per heavy atom. The van der Waals surface area contributed by atoms with Crippen LogP contribution in [0.2, 0.25) is 0 Å². The largest absolute Gasteiger partial charge is 0.244 e. The van der Waals surface area contributed by atoms with Crippen LogP contribution in [0, 0.1) is 0 Å². The van der Waals surface area contributed by atoms with E-state index in [0.717, 1.165) is 12.8 Å². The monoisotopic (exact) mass is 319 g/mol. The lowest BCUT2D eigenvalue weighted by atomic mass is 10.3. The van der Waals surface area contributed by atoms with Gasteiger partial charge in [-0.25, -0.2) is 8.42 Å². The minimum atomic E-state index is -3.37. The highest BCUT2D eigenvalue weighted by Crippen LogP contribution is 2.24. The lowest BCUT2D eigenvalue weighted by Crippen LogP contribution is -2.32. The molecule has 0 aromatic heterocycles. The van der Waals surface area contributed by atoms with Gasteiger partial charge in [0, 0.05) is 17.6 Å². The van der Waals surface area contributed by atoms with Crippen molar-refractivity contribution in [2.45, 2.75) is 31.6 Å². The summed E-state index contributed by atoms with van der Waals surface area (Å²) in [5.74, 6) is 0. The number of nitrogens with zero attached hydrogens (tertiary/aromatic N) is 1. The third-order valence-electron chi connectivity index (χ3n) is 2.57. The molecule has 0 aliphatic heterocycles. The van der Waals surface area contributed by atoms with Gasteiger partial charge >= 0.3 is 0 Å². The molecule has 0 unspecified atom stereocenters. The second kappa shape index (κ2) is 6.52. The van der Waals surface area contributed by atoms with Gasteiger partial charge in [0.2, 0.25) is 10.0 Å². The first-order chi connectivity index (χ1) is 8.04. The lowest BCUT2D eigenvalue weighted by molar-refractivity contribution is 0.418. The van der Waals surface area contributed by atoms with E-state index in [1.54, 1.807) is 18.2 Å². The van der Waals surface area contributed by atoms with Gasteiger partial charge in [-0.3, -0.25) is 0 Å². The molecule has 0 fully saturated rings. The van der Waals surface area contributed by atoms with Gasteiger partial charge in [0.1, 0.15) is 0 Å². The van der Waals surface area contributed by atoms with Crippen LogP contribution in [0.15, 0.2) is 33.6 Å². The molecule has 0 aliphatic rings. The van der Waals surface area contributed by atoms with Crippen LogP contribution >= 0.6 is 15.9 Å². The predicted octanol–water partition coefficient (Wildman–Crippen LogP) is 3.26. The molecule has 0 atom stereocenters. The number of sulfonamides is 1. The molecule has 0 spiro atoms. The van der Waals surface area contributed by atoms with Crippen molar-refractivity contribution >= 4 is 26.0 Å². The van der Waals surface area contributed by atoms with Crippen molar-refractivity contribution < 1.29 is 8.42 Å². The highest BCUT2D eigenvalue weighted by atomic mass is 79.9. The summed E-state index contributed by atoms with van der Waals surface area (Å²) in [6.45, 7) is 5.00. The van der Waals surface area contributed by atoms with E-state index in [1.165, 1.54) is 4.31 Å². The Kier molecular flexibility index (Phi) is 5.62. The molecular formula is C12H18BrNO2S. The van der Waals surface area contributed by atoms with E-state index in [1.807, 2.05) is 13.0 Å². The number of benzene rings is 1. The fourth-order valence-corrected chi connectivity index (χ4v) is 4.03. The molecule has 0 amide bonds. The Bertz CT molecular complexity index is 459. The van der Waals surface area contributed by atoms with Gasteiger partial charge in [-0.2, -0.15) is 4.31 Å². The normalized spacial score (nSPS) is 12.0. The van der Waals surface area contributed by atoms with Crippen molar-refractivity contribution in [1.29, 1.82) is 0 Å². The van der Waals surface area contributed by atoms with Gasteiger partial charge in [0.25, 0.3) is 0 Å². The van der Waals surface area contributed by atoms with Crippen molar-refractivity contribution in [1.82, 2.24) is 4.31 Å². The SMILES string of the molecule is CCCCN(CC)S(=O)(=O)c1ccccc1Br. The van der Waals surface area contributed by atoms with Gasteiger partial charge in [-0.1, -0.05) is 32.4 Å². The molecule has 0 radical (unpaired) electrons. The van der Waals surface area contributed by atoms with Gasteiger partial charge in [-0.05, 0) is 34.5 Å². The van der Waals surface area contributed by atoms with E-state index in [0.29, 0.717) is 22.5 Å². The Labute approximate surface area is 112 Å². The average Bonchev–Trinajstić information content (AvgIpc) is 2.30. The minimum Gasteiger partial charge on any atom is -0.207 e. The molecule has 5 heteroatoms. The van der Waals surface area contributed by atoms with Crippen molar-refractivity contribution in [2.24, 2.45) is 0 Å². The van der Waals surface area contributed by atoms with Crippen LogP contribution in [0.1, 0.15) is 26.7 Å². The molecule has 3 nitrogen and oxygen atoms in total. The Hall–Kier alpha value is -0.390. The zero-order chi connectivity index (χ0) is 12.9. The fourth-order valence-electron chi connectivity index (χ4n) is 1.58. The zero-order valence-electron chi connectivity index (χ0n) is 10.2. The molecule has 0 saturated heterocycles. The summed E-state index contributed by atoms with van der Waals surface area (Å²) in [6, 6.07) is 6.94. The van der Waals surface area contributed by atoms with Crippen LogP contribution in [-0.2, 0) is 10.0 Å². The number of hydrogen-bond donors (Lipinski definition) is 0. The van der Waals surface area contributed by atoms with Gasteiger partial charge in [-0.15, -0.1) is 0 Å². The molecule has 0 saturated carbocycles. The number of rotatable bonds is 6. The number of halogens is 1. The fraction of sp³-hybridized carbons (Fsp3) is 0.500. The molecule has 0 N–H and O–H groups in total. The molecule has 1 aromatic rings. The summed E-state index contributed by atoms with van der Waals surface area (Å²) in [7, 11) is -3.37. The van der Waals surface area contributed by atoms with Crippen molar-refractivity contribution in [3.05, 3.63) is 28.7 Å². The summed E-state index contributed by atoms with van der Waals surface area (Å²) in [4.78, 5) is 0.345. The Morgan fingerprint density at radius 1 is 1.24 bits per heavy atom. The summed E-state index contributed by atoms with van der Waals surface area (Å²) >= 11 is 3.29. The topological polar surface area (TPSA) is 37.4 Å². The number of hydrogen-bond acceptors (Lipinski definition) is 2. The highest BCUT2D eigenvalue weighted by molar-refractivity contribution is 9.10. The van der Waals surface area contributed by atoms with Crippen LogP contribution in [-0.4, -0.2) is 25.8 Å². The Balaban J connectivity index is 3.05. The van der Waals surface area contributed by atoms with Crippen molar-refractivity contribution in [2.75, 3.05) is 13.1 Å². The van der Waals surface area contributed by atoms with Crippen LogP contribution < -0.4 is 0 Å². The third-order valence-corrected chi connectivity index (χ3v) is 5.55. The number of unbranched alkanes of at least 4 members (excludes halogenated alkanes) is 1. The minimum absolute atomic E-state index is 0.345. The van der Waals surface area contributed by atoms with Gasteiger partial charge in [0.05, 0.1) is 4.90 Å². The smallest absolute Gasteiger partial charge is 0.207 e. The summed E-state index contributed by atoms with van der Waals surface area (Å²) in [6.07, 6.45) is 1.87. The summed E-state index contributed by atoms with van der Waals surface area (Å²) < 4.78 is 26.9. The lowest BCUT2D eigenvalue weighted by Gasteiger charge is -2.20. The van der Waals surface area contributed by atoms with Crippen LogP contribution in [0.25, 0.3) is 0 Å². The van der Waals surface area contributed by atoms with Gasteiger partial charge < -0.3 is 0 Å². The molecule has 1 aromatic carbocycles. The van der Waals surface area contributed by atoms with E-state index in [2.05, 4.69) is 22.9 Å². The molecule has 0 aliphatic carbocycles. The van der Waals surface area contributed by atoms with Crippen molar-refractivity contribution in [3.8, 4) is 0 Å². The van der Waals surface area contributed by atoms with Crippen LogP contribution in [0.5, 0.6) is 0 Å². The van der Waals surface area contributed by atoms with Crippen molar-refractivity contribution in [3.63, 3.8) is 0 Å². The van der Waals surface area contributed by atoms with E-state index in [-0.39, 0.29) is 0 Å². The van der Waals surface area contributed by atoms with Gasteiger partial charge in [0.15, 0.2) is 0 Å². The summed E-state index contributed by atoms with van der Waals surface area (Å²) in [5, 5.41) is 0. The molecular weight excluding hydrogens is 302 g/mol. The molecule has 96 valence electrons. The zero-order valence-corrected chi connectivity index (χ0v) is 12.6. The average molecular weight is 320 g/mol. The van der Waals surface area contributed by atoms with E-state index < -0.39 is 10.0 Å². The maximum atomic E-state index is 12.4. The molecule has 0 bridgehead atoms. The van der Waals surface area contributed by atoms with E-state index >= 15 is 0 Å². The van der Waals surface area contributed by atoms with E-state index in [4.69, 9.17) is 0 Å². The maximum absolute atomic E-state index is 12.4. The Morgan fingerprint density at radius 2 is 1.88 bits per heavy atom. The first-order valence-corrected chi connectivity index (χ1v) is 8.02. The van der Waals surface area contributed by atoms with Crippen LogP contribution in [0.3, 0.4) is 0 Å². The quantitative estimate of drug-likeness (QED) is 0.807. The second-order valence-corrected chi connectivity index (χ2v) is 6.54. The highest BCUT2D eigenvalue weighted by Gasteiger charge is 2.24.